The predicted octanol–water partition coefficient (Wildman–Crippen LogP) is 3.67. The van der Waals surface area contributed by atoms with Crippen LogP contribution in [0.2, 0.25) is 0 Å². The van der Waals surface area contributed by atoms with Crippen LogP contribution in [0.1, 0.15) is 30.0 Å². The van der Waals surface area contributed by atoms with Crippen molar-refractivity contribution in [2.75, 3.05) is 0 Å². The van der Waals surface area contributed by atoms with E-state index in [4.69, 9.17) is 0 Å². The molecule has 2 aromatic carbocycles. The number of alkyl halides is 1. The molecule has 0 aliphatic rings. The summed E-state index contributed by atoms with van der Waals surface area (Å²) in [6, 6.07) is 15.0. The third-order valence-corrected chi connectivity index (χ3v) is 5.25. The Balaban J connectivity index is 2.27. The van der Waals surface area contributed by atoms with Crippen molar-refractivity contribution in [2.24, 2.45) is 0 Å². The van der Waals surface area contributed by atoms with Crippen molar-refractivity contribution in [3.63, 3.8) is 0 Å². The molecule has 142 valence electrons. The predicted molar refractivity (Wildman–Crippen MR) is 103 cm³/mol. The van der Waals surface area contributed by atoms with Crippen LogP contribution in [-0.4, -0.2) is 19.7 Å². The van der Waals surface area contributed by atoms with Crippen LogP contribution < -0.4 is 4.72 Å². The van der Waals surface area contributed by atoms with Crippen LogP contribution in [-0.2, 0) is 23.0 Å². The van der Waals surface area contributed by atoms with Gasteiger partial charge in [-0.2, -0.15) is 5.26 Å². The number of rotatable bonds is 8. The van der Waals surface area contributed by atoms with Crippen LogP contribution in [0.15, 0.2) is 53.4 Å². The average Bonchev–Trinajstić information content (AvgIpc) is 2.64. The number of nitrogens with one attached hydrogen (secondary N) is 1. The normalized spacial score (nSPS) is 13.1. The van der Waals surface area contributed by atoms with E-state index >= 15 is 0 Å². The Morgan fingerprint density at radius 1 is 1.30 bits per heavy atom. The molecule has 0 aromatic heterocycles. The zero-order valence-electron chi connectivity index (χ0n) is 14.9. The number of phenols is 1. The number of sulfonamides is 1. The summed E-state index contributed by atoms with van der Waals surface area (Å²) in [5.74, 6) is -0.00257. The third kappa shape index (κ3) is 6.20. The topological polar surface area (TPSA) is 90.2 Å². The molecule has 0 aliphatic carbocycles. The average molecular weight is 388 g/mol. The summed E-state index contributed by atoms with van der Waals surface area (Å²) in [6.07, 6.45) is 0.750. The second-order valence-corrected chi connectivity index (χ2v) is 7.87. The second kappa shape index (κ2) is 9.31. The molecule has 27 heavy (non-hydrogen) atoms. The lowest BCUT2D eigenvalue weighted by atomic mass is 10.0. The molecule has 1 atom stereocenters. The molecule has 2 rings (SSSR count). The minimum Gasteiger partial charge on any atom is -0.508 e. The highest BCUT2D eigenvalue weighted by Crippen LogP contribution is 2.22. The van der Waals surface area contributed by atoms with Crippen LogP contribution in [0.5, 0.6) is 5.75 Å². The van der Waals surface area contributed by atoms with Crippen molar-refractivity contribution < 1.29 is 17.9 Å². The van der Waals surface area contributed by atoms with Crippen molar-refractivity contribution in [3.05, 3.63) is 70.1 Å². The molecule has 0 bridgehead atoms. The van der Waals surface area contributed by atoms with Gasteiger partial charge in [-0.1, -0.05) is 36.4 Å². The molecule has 0 saturated carbocycles. The summed E-state index contributed by atoms with van der Waals surface area (Å²) in [6.45, 7) is 1.49. The van der Waals surface area contributed by atoms with Gasteiger partial charge >= 0.3 is 0 Å². The highest BCUT2D eigenvalue weighted by molar-refractivity contribution is 7.93. The lowest BCUT2D eigenvalue weighted by Crippen LogP contribution is -2.24. The van der Waals surface area contributed by atoms with Crippen molar-refractivity contribution in [1.29, 1.82) is 5.26 Å². The fourth-order valence-corrected chi connectivity index (χ4v) is 3.38. The summed E-state index contributed by atoms with van der Waals surface area (Å²) in [5, 5.41) is 19.0. The maximum atomic E-state index is 13.2. The Kier molecular flexibility index (Phi) is 7.11. The number of benzene rings is 2. The molecular formula is C20H21FN2O3S. The first-order valence-electron chi connectivity index (χ1n) is 8.43. The number of aryl methyl sites for hydroxylation is 1. The molecular weight excluding hydrogens is 367 g/mol. The Morgan fingerprint density at radius 3 is 2.63 bits per heavy atom. The molecule has 0 fully saturated rings. The molecule has 0 heterocycles. The van der Waals surface area contributed by atoms with E-state index in [1.165, 1.54) is 31.2 Å². The van der Waals surface area contributed by atoms with E-state index < -0.39 is 21.1 Å². The molecule has 1 unspecified atom stereocenters. The van der Waals surface area contributed by atoms with E-state index in [1.807, 2.05) is 6.07 Å². The zero-order chi connectivity index (χ0) is 19.9. The molecule has 0 amide bonds. The SMILES string of the molecule is CC(F)CCc1cc(O)ccc1C=C(C#N)S(=O)(=O)NCc1ccccc1. The first kappa shape index (κ1) is 20.6. The quantitative estimate of drug-likeness (QED) is 0.675. The van der Waals surface area contributed by atoms with Crippen molar-refractivity contribution >= 4 is 16.1 Å². The van der Waals surface area contributed by atoms with Gasteiger partial charge in [-0.25, -0.2) is 17.5 Å². The van der Waals surface area contributed by atoms with Crippen molar-refractivity contribution in [1.82, 2.24) is 4.72 Å². The second-order valence-electron chi connectivity index (χ2n) is 6.13. The number of phenolic OH excluding ortho intramolecular Hbond substituents is 1. The number of aromatic hydroxyl groups is 1. The Bertz CT molecular complexity index is 949. The minimum atomic E-state index is -4.01. The monoisotopic (exact) mass is 388 g/mol. The fourth-order valence-electron chi connectivity index (χ4n) is 2.47. The summed E-state index contributed by atoms with van der Waals surface area (Å²) in [4.78, 5) is -0.446. The number of nitrogens with zero attached hydrogens (tertiary/aromatic N) is 1. The molecule has 0 radical (unpaired) electrons. The van der Waals surface area contributed by atoms with Crippen LogP contribution >= 0.6 is 0 Å². The summed E-state index contributed by atoms with van der Waals surface area (Å²) in [7, 11) is -4.01. The minimum absolute atomic E-state index is 0.00257. The maximum absolute atomic E-state index is 13.2. The Morgan fingerprint density at radius 2 is 2.00 bits per heavy atom. The van der Waals surface area contributed by atoms with Gasteiger partial charge < -0.3 is 5.11 Å². The highest BCUT2D eigenvalue weighted by atomic mass is 32.2. The number of hydrogen-bond acceptors (Lipinski definition) is 4. The van der Waals surface area contributed by atoms with E-state index in [2.05, 4.69) is 4.72 Å². The van der Waals surface area contributed by atoms with Gasteiger partial charge in [-0.05, 0) is 54.7 Å². The highest BCUT2D eigenvalue weighted by Gasteiger charge is 2.18. The fraction of sp³-hybridized carbons (Fsp3) is 0.250. The summed E-state index contributed by atoms with van der Waals surface area (Å²) >= 11 is 0. The van der Waals surface area contributed by atoms with Crippen LogP contribution in [0.25, 0.3) is 6.08 Å². The van der Waals surface area contributed by atoms with Gasteiger partial charge in [0, 0.05) is 6.54 Å². The first-order chi connectivity index (χ1) is 12.8. The van der Waals surface area contributed by atoms with Gasteiger partial charge in [-0.3, -0.25) is 0 Å². The lowest BCUT2D eigenvalue weighted by molar-refractivity contribution is 0.341. The first-order valence-corrected chi connectivity index (χ1v) is 9.91. The van der Waals surface area contributed by atoms with E-state index in [1.54, 1.807) is 30.3 Å². The molecule has 0 aliphatic heterocycles. The van der Waals surface area contributed by atoms with Crippen molar-refractivity contribution in [3.8, 4) is 11.8 Å². The summed E-state index contributed by atoms with van der Waals surface area (Å²) in [5.41, 5.74) is 1.79. The molecule has 0 spiro atoms. The molecule has 2 N–H and O–H groups in total. The largest absolute Gasteiger partial charge is 0.508 e. The van der Waals surface area contributed by atoms with Gasteiger partial charge in [0.05, 0.1) is 6.17 Å². The Labute approximate surface area is 158 Å². The lowest BCUT2D eigenvalue weighted by Gasteiger charge is -2.10. The van der Waals surface area contributed by atoms with Crippen molar-refractivity contribution in [2.45, 2.75) is 32.5 Å². The van der Waals surface area contributed by atoms with Crippen LogP contribution in [0.3, 0.4) is 0 Å². The van der Waals surface area contributed by atoms with E-state index in [9.17, 15) is 23.2 Å². The van der Waals surface area contributed by atoms with E-state index in [-0.39, 0.29) is 18.7 Å². The molecule has 2 aromatic rings. The van der Waals surface area contributed by atoms with Gasteiger partial charge in [0.15, 0.2) is 4.91 Å². The number of allylic oxidation sites excluding steroid dienone is 1. The molecule has 7 heteroatoms. The number of halogens is 1. The van der Waals surface area contributed by atoms with Gasteiger partial charge in [0.2, 0.25) is 0 Å². The Hall–Kier alpha value is -2.69. The smallest absolute Gasteiger partial charge is 0.251 e. The number of hydrogen-bond donors (Lipinski definition) is 2. The van der Waals surface area contributed by atoms with Crippen LogP contribution in [0.4, 0.5) is 4.39 Å². The molecule has 0 saturated heterocycles. The maximum Gasteiger partial charge on any atom is 0.251 e. The number of nitriles is 1. The standard InChI is InChI=1S/C20H21FN2O3S/c1-15(21)7-8-17-11-19(24)10-9-18(17)12-20(13-22)27(25,26)23-14-16-5-3-2-4-6-16/h2-6,9-12,15,23-24H,7-8,14H2,1H3. The van der Waals surface area contributed by atoms with Gasteiger partial charge in [-0.15, -0.1) is 0 Å². The van der Waals surface area contributed by atoms with Gasteiger partial charge in [0.1, 0.15) is 11.8 Å². The molecule has 5 nitrogen and oxygen atoms in total. The zero-order valence-corrected chi connectivity index (χ0v) is 15.7. The van der Waals surface area contributed by atoms with Gasteiger partial charge in [0.25, 0.3) is 10.0 Å². The summed E-state index contributed by atoms with van der Waals surface area (Å²) < 4.78 is 40.5. The van der Waals surface area contributed by atoms with E-state index in [0.29, 0.717) is 17.5 Å². The van der Waals surface area contributed by atoms with E-state index in [0.717, 1.165) is 5.56 Å². The third-order valence-electron chi connectivity index (χ3n) is 3.93. The van der Waals surface area contributed by atoms with Crippen LogP contribution in [0, 0.1) is 11.3 Å².